The molecule has 0 aromatic heterocycles. The lowest BCUT2D eigenvalue weighted by Gasteiger charge is -1.70. The van der Waals surface area contributed by atoms with Crippen LogP contribution in [-0.2, 0) is 4.79 Å². The highest BCUT2D eigenvalue weighted by Gasteiger charge is 1.87. The fourth-order valence-corrected chi connectivity index (χ4v) is 0.0676. The maximum atomic E-state index is 9.38. The van der Waals surface area contributed by atoms with Crippen molar-refractivity contribution in [1.82, 2.24) is 0 Å². The summed E-state index contributed by atoms with van der Waals surface area (Å²) in [5, 5.41) is 15.3. The second-order valence-corrected chi connectivity index (χ2v) is 2.96. The lowest BCUT2D eigenvalue weighted by atomic mass is 10.5. The zero-order chi connectivity index (χ0) is 8.57. The van der Waals surface area contributed by atoms with Gasteiger partial charge in [0, 0.05) is 0 Å². The molecule has 0 aromatic rings. The summed E-state index contributed by atoms with van der Waals surface area (Å²) in [5.41, 5.74) is 0. The zero-order valence-electron chi connectivity index (χ0n) is 4.72. The van der Waals surface area contributed by atoms with E-state index < -0.39 is 16.7 Å². The van der Waals surface area contributed by atoms with Gasteiger partial charge in [-0.3, -0.25) is 4.79 Å². The standard InChI is InChI=1S/C3H3NO2.CHCl3/c4-2-1-3(5)6;2-1(3)4/h1H2,(H,5,6);1H. The summed E-state index contributed by atoms with van der Waals surface area (Å²) in [6.07, 6.45) is -0.403. The monoisotopic (exact) mass is 203 g/mol. The third kappa shape index (κ3) is 45.6. The highest BCUT2D eigenvalue weighted by atomic mass is 35.6. The van der Waals surface area contributed by atoms with E-state index in [1.165, 1.54) is 6.07 Å². The van der Waals surface area contributed by atoms with Gasteiger partial charge in [-0.05, 0) is 0 Å². The Morgan fingerprint density at radius 1 is 1.60 bits per heavy atom. The van der Waals surface area contributed by atoms with Gasteiger partial charge in [-0.15, -0.1) is 0 Å². The van der Waals surface area contributed by atoms with Gasteiger partial charge < -0.3 is 5.11 Å². The second kappa shape index (κ2) is 8.83. The molecule has 0 unspecified atom stereocenters. The molecule has 6 heteroatoms. The van der Waals surface area contributed by atoms with Crippen molar-refractivity contribution in [3.05, 3.63) is 0 Å². The van der Waals surface area contributed by atoms with Crippen LogP contribution in [0.25, 0.3) is 0 Å². The molecule has 0 aromatic carbocycles. The zero-order valence-corrected chi connectivity index (χ0v) is 6.99. The molecule has 0 heterocycles. The van der Waals surface area contributed by atoms with E-state index in [0.717, 1.165) is 0 Å². The molecule has 10 heavy (non-hydrogen) atoms. The Hall–Kier alpha value is -0.170. The molecular formula is C4H4Cl3NO2. The highest BCUT2D eigenvalue weighted by Crippen LogP contribution is 2.03. The summed E-state index contributed by atoms with van der Waals surface area (Å²) in [5.74, 6) is -1.07. The van der Waals surface area contributed by atoms with Crippen molar-refractivity contribution >= 4 is 40.8 Å². The molecule has 0 saturated carbocycles. The van der Waals surface area contributed by atoms with Crippen molar-refractivity contribution in [2.24, 2.45) is 0 Å². The molecule has 3 nitrogen and oxygen atoms in total. The summed E-state index contributed by atoms with van der Waals surface area (Å²) in [7, 11) is 0. The van der Waals surface area contributed by atoms with Crippen LogP contribution in [0.2, 0.25) is 0 Å². The van der Waals surface area contributed by atoms with E-state index in [1.54, 1.807) is 0 Å². The van der Waals surface area contributed by atoms with Crippen LogP contribution in [-0.4, -0.2) is 15.4 Å². The topological polar surface area (TPSA) is 61.1 Å². The van der Waals surface area contributed by atoms with Crippen LogP contribution >= 0.6 is 34.8 Å². The average molecular weight is 204 g/mol. The van der Waals surface area contributed by atoms with Crippen molar-refractivity contribution in [1.29, 1.82) is 5.26 Å². The number of rotatable bonds is 1. The van der Waals surface area contributed by atoms with E-state index in [1.807, 2.05) is 0 Å². The van der Waals surface area contributed by atoms with Gasteiger partial charge in [0.2, 0.25) is 0 Å². The summed E-state index contributed by atoms with van der Waals surface area (Å²) in [6.45, 7) is 0. The summed E-state index contributed by atoms with van der Waals surface area (Å²) >= 11 is 14.4. The molecule has 0 spiro atoms. The fourth-order valence-electron chi connectivity index (χ4n) is 0.0676. The summed E-state index contributed by atoms with van der Waals surface area (Å²) < 4.78 is -0.750. The minimum absolute atomic E-state index is 0.403. The number of nitrogens with zero attached hydrogens (tertiary/aromatic N) is 1. The predicted molar refractivity (Wildman–Crippen MR) is 39.2 cm³/mol. The van der Waals surface area contributed by atoms with Crippen LogP contribution in [0.3, 0.4) is 0 Å². The Bertz CT molecular complexity index is 128. The number of hydrogen-bond acceptors (Lipinski definition) is 2. The molecule has 0 radical (unpaired) electrons. The molecule has 0 bridgehead atoms. The van der Waals surface area contributed by atoms with Gasteiger partial charge in [0.15, 0.2) is 4.30 Å². The number of alkyl halides is 3. The Morgan fingerprint density at radius 2 is 1.90 bits per heavy atom. The van der Waals surface area contributed by atoms with E-state index in [-0.39, 0.29) is 0 Å². The van der Waals surface area contributed by atoms with E-state index in [2.05, 4.69) is 0 Å². The minimum Gasteiger partial charge on any atom is -0.480 e. The van der Waals surface area contributed by atoms with Crippen LogP contribution in [0, 0.1) is 11.3 Å². The first kappa shape index (κ1) is 12.5. The Morgan fingerprint density at radius 3 is 1.90 bits per heavy atom. The molecule has 0 fully saturated rings. The van der Waals surface area contributed by atoms with E-state index >= 15 is 0 Å². The maximum Gasteiger partial charge on any atom is 0.317 e. The van der Waals surface area contributed by atoms with Gasteiger partial charge in [0.1, 0.15) is 6.42 Å². The van der Waals surface area contributed by atoms with Gasteiger partial charge in [-0.1, -0.05) is 34.8 Å². The van der Waals surface area contributed by atoms with Gasteiger partial charge in [-0.25, -0.2) is 0 Å². The summed E-state index contributed by atoms with van der Waals surface area (Å²) in [4.78, 5) is 9.38. The number of hydrogen-bond donors (Lipinski definition) is 1. The number of carboxylic acids is 1. The number of nitriles is 1. The van der Waals surface area contributed by atoms with Crippen LogP contribution in [0.5, 0.6) is 0 Å². The molecule has 0 aliphatic heterocycles. The van der Waals surface area contributed by atoms with Gasteiger partial charge in [0.25, 0.3) is 0 Å². The molecule has 1 N–H and O–H groups in total. The van der Waals surface area contributed by atoms with Gasteiger partial charge in [0.05, 0.1) is 6.07 Å². The van der Waals surface area contributed by atoms with Crippen LogP contribution in [0.4, 0.5) is 0 Å². The van der Waals surface area contributed by atoms with Crippen molar-refractivity contribution in [3.8, 4) is 6.07 Å². The first-order chi connectivity index (χ1) is 4.50. The SMILES string of the molecule is ClC(Cl)Cl.N#CCC(=O)O. The number of carboxylic acid groups (broad SMARTS) is 1. The predicted octanol–water partition coefficient (Wildman–Crippen LogP) is 1.97. The Kier molecular flexibility index (Phi) is 11.0. The molecule has 0 aliphatic carbocycles. The smallest absolute Gasteiger partial charge is 0.317 e. The molecular weight excluding hydrogens is 200 g/mol. The lowest BCUT2D eigenvalue weighted by Crippen LogP contribution is -1.88. The normalized spacial score (nSPS) is 7.50. The number of aliphatic carboxylic acids is 1. The Balaban J connectivity index is 0. The van der Waals surface area contributed by atoms with Crippen molar-refractivity contribution in [2.45, 2.75) is 10.7 Å². The molecule has 0 saturated heterocycles. The van der Waals surface area contributed by atoms with Crippen molar-refractivity contribution in [3.63, 3.8) is 0 Å². The Labute approximate surface area is 73.1 Å². The van der Waals surface area contributed by atoms with E-state index in [0.29, 0.717) is 0 Å². The number of carbonyl (C=O) groups is 1. The maximum absolute atomic E-state index is 9.38. The highest BCUT2D eigenvalue weighted by molar-refractivity contribution is 6.63. The second-order valence-electron chi connectivity index (χ2n) is 0.976. The molecule has 0 atom stereocenters. The van der Waals surface area contributed by atoms with E-state index in [4.69, 9.17) is 45.2 Å². The third-order valence-corrected chi connectivity index (χ3v) is 0.230. The molecule has 58 valence electrons. The van der Waals surface area contributed by atoms with Gasteiger partial charge in [-0.2, -0.15) is 5.26 Å². The third-order valence-electron chi connectivity index (χ3n) is 0.230. The molecule has 0 amide bonds. The van der Waals surface area contributed by atoms with Crippen molar-refractivity contribution in [2.75, 3.05) is 0 Å². The summed E-state index contributed by atoms with van der Waals surface area (Å²) in [6, 6.07) is 1.47. The average Bonchev–Trinajstić information content (AvgIpc) is 1.62. The van der Waals surface area contributed by atoms with Crippen LogP contribution in [0.1, 0.15) is 6.42 Å². The van der Waals surface area contributed by atoms with E-state index in [9.17, 15) is 4.79 Å². The van der Waals surface area contributed by atoms with Gasteiger partial charge >= 0.3 is 5.97 Å². The first-order valence-electron chi connectivity index (χ1n) is 2.01. The van der Waals surface area contributed by atoms with Crippen LogP contribution < -0.4 is 0 Å². The molecule has 0 aliphatic rings. The lowest BCUT2D eigenvalue weighted by molar-refractivity contribution is -0.135. The largest absolute Gasteiger partial charge is 0.480 e. The van der Waals surface area contributed by atoms with Crippen molar-refractivity contribution < 1.29 is 9.90 Å². The number of halogens is 3. The molecule has 0 rings (SSSR count). The van der Waals surface area contributed by atoms with Crippen LogP contribution in [0.15, 0.2) is 0 Å². The minimum atomic E-state index is -1.07. The quantitative estimate of drug-likeness (QED) is 0.664. The first-order valence-corrected chi connectivity index (χ1v) is 3.32. The fraction of sp³-hybridized carbons (Fsp3) is 0.500.